The Kier molecular flexibility index (Phi) is 14.8. The number of amides is 2. The number of hydrogen-bond donors (Lipinski definition) is 8. The fourth-order valence-corrected chi connectivity index (χ4v) is 11.1. The second-order valence-electron chi connectivity index (χ2n) is 19.4. The van der Waals surface area contributed by atoms with Crippen molar-refractivity contribution in [3.8, 4) is 57.3 Å². The predicted molar refractivity (Wildman–Crippen MR) is 280 cm³/mol. The molecule has 396 valence electrons. The van der Waals surface area contributed by atoms with Crippen LogP contribution in [0.1, 0.15) is 129 Å². The van der Waals surface area contributed by atoms with Crippen molar-refractivity contribution in [3.63, 3.8) is 0 Å². The van der Waals surface area contributed by atoms with Gasteiger partial charge in [0, 0.05) is 77.1 Å². The summed E-state index contributed by atoms with van der Waals surface area (Å²) in [5.74, 6) is -3.09. The van der Waals surface area contributed by atoms with Crippen molar-refractivity contribution in [2.24, 2.45) is 5.92 Å². The van der Waals surface area contributed by atoms with Gasteiger partial charge in [-0.2, -0.15) is 0 Å². The maximum absolute atomic E-state index is 14.2. The summed E-state index contributed by atoms with van der Waals surface area (Å²) < 4.78 is 26.0. The number of aromatic hydroxyl groups is 4. The fourth-order valence-electron chi connectivity index (χ4n) is 10.4. The summed E-state index contributed by atoms with van der Waals surface area (Å²) in [6, 6.07) is 20.1. The van der Waals surface area contributed by atoms with Crippen LogP contribution in [0.4, 0.5) is 0 Å². The molecule has 1 aromatic heterocycles. The van der Waals surface area contributed by atoms with Crippen LogP contribution in [0.2, 0.25) is 0 Å². The normalized spacial score (nSPS) is 21.1. The van der Waals surface area contributed by atoms with Gasteiger partial charge in [0.05, 0.1) is 53.8 Å². The van der Waals surface area contributed by atoms with Crippen LogP contribution < -0.4 is 20.1 Å². The minimum atomic E-state index is -1.79. The number of ketones is 2. The molecule has 0 saturated carbocycles. The molecule has 2 amide bonds. The van der Waals surface area contributed by atoms with Crippen LogP contribution in [0.25, 0.3) is 17.1 Å². The monoisotopic (exact) mass is 1060 g/mol. The fraction of sp³-hybridized carbons (Fsp3) is 0.339. The first-order valence-corrected chi connectivity index (χ1v) is 26.1. The molecule has 3 aliphatic rings. The quantitative estimate of drug-likeness (QED) is 0.0393. The van der Waals surface area contributed by atoms with Gasteiger partial charge in [-0.3, -0.25) is 23.7 Å². The number of ether oxygens (including phenoxy) is 4. The molecule has 1 saturated heterocycles. The average Bonchev–Trinajstić information content (AvgIpc) is 3.85. The Morgan fingerprint density at radius 3 is 2.21 bits per heavy atom. The molecule has 9 rings (SSSR count). The Bertz CT molecular complexity index is 3320. The molecule has 20 heteroatoms. The zero-order valence-corrected chi connectivity index (χ0v) is 43.6. The molecular weight excluding hydrogens is 998 g/mol. The number of nitrogens with one attached hydrogen (secondary N) is 2. The van der Waals surface area contributed by atoms with E-state index in [1.807, 2.05) is 27.7 Å². The molecule has 4 unspecified atom stereocenters. The Morgan fingerprint density at radius 2 is 1.57 bits per heavy atom. The lowest BCUT2D eigenvalue weighted by molar-refractivity contribution is -0.236. The first kappa shape index (κ1) is 53.2. The smallest absolute Gasteiger partial charge is 0.289 e. The number of fused-ring (bicyclic) bond motifs is 3. The second kappa shape index (κ2) is 21.2. The highest BCUT2D eigenvalue weighted by atomic mass is 31.1. The van der Waals surface area contributed by atoms with Gasteiger partial charge in [0.25, 0.3) is 11.8 Å². The van der Waals surface area contributed by atoms with Gasteiger partial charge >= 0.3 is 0 Å². The number of carbonyl (C=O) groups is 4. The number of carbonyl (C=O) groups excluding carboxylic acids is 4. The Morgan fingerprint density at radius 1 is 0.882 bits per heavy atom. The number of benzene rings is 5. The van der Waals surface area contributed by atoms with Crippen LogP contribution in [0.5, 0.6) is 40.2 Å². The van der Waals surface area contributed by atoms with Gasteiger partial charge in [0.1, 0.15) is 40.2 Å². The van der Waals surface area contributed by atoms with Gasteiger partial charge in [-0.05, 0) is 92.7 Å². The topological polar surface area (TPSA) is 281 Å². The third-order valence-corrected chi connectivity index (χ3v) is 15.6. The first-order valence-electron chi connectivity index (χ1n) is 24.8. The third kappa shape index (κ3) is 9.53. The van der Waals surface area contributed by atoms with E-state index in [-0.39, 0.29) is 87.8 Å². The van der Waals surface area contributed by atoms with Crippen LogP contribution in [0.15, 0.2) is 78.9 Å². The highest BCUT2D eigenvalue weighted by Gasteiger charge is 2.49. The van der Waals surface area contributed by atoms with Gasteiger partial charge in [-0.25, -0.2) is 0 Å². The highest BCUT2D eigenvalue weighted by Crippen LogP contribution is 2.53. The predicted octanol–water partition coefficient (Wildman–Crippen LogP) is 7.25. The summed E-state index contributed by atoms with van der Waals surface area (Å²) in [7, 11) is 1.89. The maximum atomic E-state index is 14.2. The van der Waals surface area contributed by atoms with Crippen molar-refractivity contribution in [1.82, 2.24) is 25.4 Å². The van der Waals surface area contributed by atoms with E-state index in [0.717, 1.165) is 0 Å². The largest absolute Gasteiger partial charge is 0.508 e. The summed E-state index contributed by atoms with van der Waals surface area (Å²) >= 11 is 0. The molecule has 19 nitrogen and oxygen atoms in total. The van der Waals surface area contributed by atoms with Crippen molar-refractivity contribution >= 4 is 36.9 Å². The van der Waals surface area contributed by atoms with Gasteiger partial charge in [0.2, 0.25) is 11.6 Å². The van der Waals surface area contributed by atoms with Crippen molar-refractivity contribution in [3.05, 3.63) is 129 Å². The number of aliphatic hydroxyl groups is 2. The molecule has 2 aliphatic carbocycles. The van der Waals surface area contributed by atoms with E-state index in [4.69, 9.17) is 18.9 Å². The molecule has 76 heavy (non-hydrogen) atoms. The molecule has 2 heterocycles. The number of aliphatic hydroxyl groups excluding tert-OH is 1. The molecule has 5 aromatic carbocycles. The summed E-state index contributed by atoms with van der Waals surface area (Å²) in [6.45, 7) is 10.9. The minimum Gasteiger partial charge on any atom is -0.508 e. The number of hydrogen-bond acceptors (Lipinski definition) is 16. The molecule has 0 bridgehead atoms. The van der Waals surface area contributed by atoms with E-state index >= 15 is 0 Å². The zero-order valence-electron chi connectivity index (χ0n) is 42.7. The number of methoxy groups -OCH3 is 1. The third-order valence-electron chi connectivity index (χ3n) is 14.5. The van der Waals surface area contributed by atoms with Gasteiger partial charge in [0.15, 0.2) is 17.9 Å². The van der Waals surface area contributed by atoms with E-state index in [9.17, 15) is 49.8 Å². The Balaban J connectivity index is 0.929. The molecule has 1 fully saturated rings. The van der Waals surface area contributed by atoms with E-state index < -0.39 is 82.8 Å². The molecule has 6 aromatic rings. The average molecular weight is 1060 g/mol. The molecule has 1 aliphatic heterocycles. The van der Waals surface area contributed by atoms with E-state index in [0.29, 0.717) is 48.4 Å². The lowest BCUT2D eigenvalue weighted by Crippen LogP contribution is -2.52. The number of aromatic nitrogens is 3. The second-order valence-corrected chi connectivity index (χ2v) is 20.4. The molecule has 6 atom stereocenters. The molecule has 8 N–H and O–H groups in total. The summed E-state index contributed by atoms with van der Waals surface area (Å²) in [6.07, 6.45) is -3.21. The van der Waals surface area contributed by atoms with E-state index in [1.54, 1.807) is 68.2 Å². The van der Waals surface area contributed by atoms with Gasteiger partial charge < -0.3 is 60.2 Å². The standard InChI is InChI=1S/C56H58N5O14P/c1-8-57-55(70)53-60-59-52(35-20-34(26(2)3)38(63)22-39(35)64)61(53)30-14-18-32(19-15-30)74-31-16-12-29(13-17-31)54(69)58-37-21-43(73-28(5)27(37)4)75-41-24-56(71,42(25-62)76-7)23-36-45(41)51(68)47-46(49(36)66)48(65)33-10-9-11-40(72-6)44(33)50(47)67/h9-20,22,26-28,37,41,43,62-64,66,68,71H,8,21,23-25H2,1-7H3,(H,57,70)(H,58,69)/t27?,28?,37?,41-,43?,56-/m0/s1. The van der Waals surface area contributed by atoms with Crippen LogP contribution in [0.3, 0.4) is 0 Å². The molecular formula is C56H58N5O14P. The van der Waals surface area contributed by atoms with E-state index in [2.05, 4.69) is 20.8 Å². The summed E-state index contributed by atoms with van der Waals surface area (Å²) in [4.78, 5) is 55.3. The van der Waals surface area contributed by atoms with Crippen LogP contribution in [0, 0.1) is 5.92 Å². The SMILES string of the molecule is CCNC(=O)c1nnc(-c2cc(C(C)C)c(O)cc2O)n1-c1ccc(Oc2ccc(C(=O)NC3CC(O[C@H]4C[C@](O)(C(CO)=PC)Cc5c(O)c6c(c(O)c54)C(=O)c4c(OC)cccc4C6=O)OC(C)C3C)cc2)cc1. The first-order chi connectivity index (χ1) is 36.3. The number of rotatable bonds is 14. The lowest BCUT2D eigenvalue weighted by Gasteiger charge is -2.44. The van der Waals surface area contributed by atoms with Crippen molar-refractivity contribution in [1.29, 1.82) is 0 Å². The highest BCUT2D eigenvalue weighted by molar-refractivity contribution is 7.40. The Labute approximate surface area is 438 Å². The van der Waals surface area contributed by atoms with Crippen LogP contribution in [-0.4, -0.2) is 125 Å². The lowest BCUT2D eigenvalue weighted by atomic mass is 9.72. The number of phenols is 4. The van der Waals surface area contributed by atoms with Crippen molar-refractivity contribution in [2.45, 2.75) is 89.9 Å². The van der Waals surface area contributed by atoms with Crippen molar-refractivity contribution < 1.29 is 68.8 Å². The van der Waals surface area contributed by atoms with E-state index in [1.165, 1.54) is 35.9 Å². The van der Waals surface area contributed by atoms with Crippen molar-refractivity contribution in [2.75, 3.05) is 26.9 Å². The summed E-state index contributed by atoms with van der Waals surface area (Å²) in [5.41, 5.74) is -1.12. The number of nitrogens with zero attached hydrogens (tertiary/aromatic N) is 3. The Hall–Kier alpha value is -7.67. The van der Waals surface area contributed by atoms with Gasteiger partial charge in [-0.15, -0.1) is 18.4 Å². The van der Waals surface area contributed by atoms with Crippen LogP contribution in [-0.2, 0) is 15.9 Å². The molecule has 0 spiro atoms. The molecule has 0 radical (unpaired) electrons. The maximum Gasteiger partial charge on any atom is 0.289 e. The minimum absolute atomic E-state index is 0.0126. The van der Waals surface area contributed by atoms with Crippen LogP contribution >= 0.6 is 8.20 Å². The number of phenolic OH excluding ortho intramolecular Hbond substituents is 4. The summed E-state index contributed by atoms with van der Waals surface area (Å²) in [5, 5.41) is 82.6. The van der Waals surface area contributed by atoms with Gasteiger partial charge in [-0.1, -0.05) is 32.9 Å². The zero-order chi connectivity index (χ0) is 54.5.